The van der Waals surface area contributed by atoms with Gasteiger partial charge in [0.05, 0.1) is 12.8 Å². The van der Waals surface area contributed by atoms with Crippen LogP contribution in [0.2, 0.25) is 0 Å². The summed E-state index contributed by atoms with van der Waals surface area (Å²) in [6, 6.07) is 15.2. The molecule has 0 aliphatic heterocycles. The molecule has 3 N–H and O–H groups in total. The molecule has 0 aliphatic carbocycles. The molecule has 2 unspecified atom stereocenters. The Kier molecular flexibility index (Phi) is 7.00. The predicted molar refractivity (Wildman–Crippen MR) is 119 cm³/mol. The van der Waals surface area contributed by atoms with Crippen molar-refractivity contribution in [3.05, 3.63) is 71.0 Å². The Morgan fingerprint density at radius 3 is 2.23 bits per heavy atom. The zero-order valence-electron chi connectivity index (χ0n) is 18.1. The van der Waals surface area contributed by atoms with Crippen LogP contribution in [-0.4, -0.2) is 33.1 Å². The van der Waals surface area contributed by atoms with Gasteiger partial charge < -0.3 is 24.8 Å². The standard InChI is InChI=1S/C24H31N3O3/c1-5-16(2)23(29)26-24-25-21(14-17-8-12-20(30-4)13-9-17)22(27(24)3)15-18-6-10-19(28)11-7-18/h6-13,16,23,28-29H,5,14-15H2,1-4H3,(H,25,26). The van der Waals surface area contributed by atoms with Crippen molar-refractivity contribution in [2.24, 2.45) is 13.0 Å². The Balaban J connectivity index is 1.92. The van der Waals surface area contributed by atoms with E-state index >= 15 is 0 Å². The van der Waals surface area contributed by atoms with Crippen LogP contribution < -0.4 is 10.1 Å². The van der Waals surface area contributed by atoms with Gasteiger partial charge in [-0.05, 0) is 41.8 Å². The second-order valence-electron chi connectivity index (χ2n) is 7.73. The van der Waals surface area contributed by atoms with E-state index < -0.39 is 6.23 Å². The number of hydrogen-bond acceptors (Lipinski definition) is 5. The van der Waals surface area contributed by atoms with E-state index in [1.807, 2.05) is 54.9 Å². The maximum atomic E-state index is 10.5. The average Bonchev–Trinajstić information content (AvgIpc) is 3.03. The van der Waals surface area contributed by atoms with Crippen LogP contribution in [-0.2, 0) is 19.9 Å². The number of methoxy groups -OCH3 is 1. The predicted octanol–water partition coefficient (Wildman–Crippen LogP) is 4.09. The van der Waals surface area contributed by atoms with E-state index in [0.717, 1.165) is 34.7 Å². The fourth-order valence-electron chi connectivity index (χ4n) is 3.32. The van der Waals surface area contributed by atoms with Gasteiger partial charge in [-0.1, -0.05) is 38.1 Å². The number of phenols is 1. The molecule has 0 saturated carbocycles. The van der Waals surface area contributed by atoms with E-state index in [0.29, 0.717) is 18.8 Å². The number of anilines is 1. The van der Waals surface area contributed by atoms with E-state index in [4.69, 9.17) is 9.72 Å². The number of nitrogens with zero attached hydrogens (tertiary/aromatic N) is 2. The lowest BCUT2D eigenvalue weighted by Crippen LogP contribution is -2.27. The normalized spacial score (nSPS) is 13.1. The maximum absolute atomic E-state index is 10.5. The minimum atomic E-state index is -0.661. The van der Waals surface area contributed by atoms with Crippen LogP contribution in [0.25, 0.3) is 0 Å². The smallest absolute Gasteiger partial charge is 0.205 e. The number of phenolic OH excluding ortho intramolecular Hbond substituents is 1. The number of hydrogen-bond donors (Lipinski definition) is 3. The van der Waals surface area contributed by atoms with Crippen LogP contribution in [0, 0.1) is 5.92 Å². The lowest BCUT2D eigenvalue weighted by Gasteiger charge is -2.19. The molecule has 0 radical (unpaired) electrons. The third-order valence-electron chi connectivity index (χ3n) is 5.60. The van der Waals surface area contributed by atoms with Gasteiger partial charge in [0.25, 0.3) is 0 Å². The number of ether oxygens (including phenoxy) is 1. The van der Waals surface area contributed by atoms with E-state index in [1.54, 1.807) is 19.2 Å². The van der Waals surface area contributed by atoms with Gasteiger partial charge in [0, 0.05) is 31.5 Å². The van der Waals surface area contributed by atoms with Crippen LogP contribution in [0.1, 0.15) is 42.8 Å². The summed E-state index contributed by atoms with van der Waals surface area (Å²) in [7, 11) is 3.62. The Morgan fingerprint density at radius 2 is 1.63 bits per heavy atom. The van der Waals surface area contributed by atoms with E-state index in [-0.39, 0.29) is 11.7 Å². The first-order valence-electron chi connectivity index (χ1n) is 10.3. The topological polar surface area (TPSA) is 79.5 Å². The number of aliphatic hydroxyl groups excluding tert-OH is 1. The molecule has 3 aromatic rings. The number of benzene rings is 2. The molecular formula is C24H31N3O3. The van der Waals surface area contributed by atoms with Gasteiger partial charge in [0.1, 0.15) is 17.7 Å². The Hall–Kier alpha value is -2.99. The molecule has 3 rings (SSSR count). The van der Waals surface area contributed by atoms with Gasteiger partial charge in [-0.2, -0.15) is 0 Å². The minimum absolute atomic E-state index is 0.118. The highest BCUT2D eigenvalue weighted by Crippen LogP contribution is 2.24. The average molecular weight is 410 g/mol. The summed E-state index contributed by atoms with van der Waals surface area (Å²) < 4.78 is 7.27. The van der Waals surface area contributed by atoms with Crippen molar-refractivity contribution in [2.45, 2.75) is 39.3 Å². The van der Waals surface area contributed by atoms with Gasteiger partial charge in [-0.3, -0.25) is 0 Å². The lowest BCUT2D eigenvalue weighted by atomic mass is 10.0. The molecule has 1 heterocycles. The van der Waals surface area contributed by atoms with Crippen molar-refractivity contribution >= 4 is 5.95 Å². The van der Waals surface area contributed by atoms with E-state index in [1.165, 1.54) is 0 Å². The summed E-state index contributed by atoms with van der Waals surface area (Å²) in [5.41, 5.74) is 4.24. The number of imidazole rings is 1. The minimum Gasteiger partial charge on any atom is -0.508 e. The molecule has 0 fully saturated rings. The molecular weight excluding hydrogens is 378 g/mol. The summed E-state index contributed by atoms with van der Waals surface area (Å²) in [5, 5.41) is 23.2. The molecule has 2 aromatic carbocycles. The van der Waals surface area contributed by atoms with Crippen molar-refractivity contribution < 1.29 is 14.9 Å². The van der Waals surface area contributed by atoms with Gasteiger partial charge >= 0.3 is 0 Å². The van der Waals surface area contributed by atoms with Crippen molar-refractivity contribution in [2.75, 3.05) is 12.4 Å². The van der Waals surface area contributed by atoms with Crippen molar-refractivity contribution in [1.82, 2.24) is 9.55 Å². The van der Waals surface area contributed by atoms with Crippen molar-refractivity contribution in [3.8, 4) is 11.5 Å². The zero-order chi connectivity index (χ0) is 21.7. The Labute approximate surface area is 178 Å². The van der Waals surface area contributed by atoms with Crippen molar-refractivity contribution in [1.29, 1.82) is 0 Å². The van der Waals surface area contributed by atoms with Gasteiger partial charge in [-0.25, -0.2) is 4.98 Å². The number of aromatic nitrogens is 2. The van der Waals surface area contributed by atoms with Gasteiger partial charge in [0.2, 0.25) is 5.95 Å². The highest BCUT2D eigenvalue weighted by molar-refractivity contribution is 5.40. The fourth-order valence-corrected chi connectivity index (χ4v) is 3.32. The first-order valence-corrected chi connectivity index (χ1v) is 10.3. The second-order valence-corrected chi connectivity index (χ2v) is 7.73. The molecule has 6 nitrogen and oxygen atoms in total. The molecule has 0 saturated heterocycles. The summed E-state index contributed by atoms with van der Waals surface area (Å²) in [5.74, 6) is 1.84. The van der Waals surface area contributed by atoms with Crippen LogP contribution in [0.3, 0.4) is 0 Å². The molecule has 6 heteroatoms. The zero-order valence-corrected chi connectivity index (χ0v) is 18.1. The molecule has 30 heavy (non-hydrogen) atoms. The Bertz CT molecular complexity index is 949. The number of aromatic hydroxyl groups is 1. The molecule has 0 aliphatic rings. The fraction of sp³-hybridized carbons (Fsp3) is 0.375. The van der Waals surface area contributed by atoms with E-state index in [2.05, 4.69) is 12.2 Å². The quantitative estimate of drug-likeness (QED) is 0.464. The summed E-state index contributed by atoms with van der Waals surface area (Å²) >= 11 is 0. The molecule has 1 aromatic heterocycles. The van der Waals surface area contributed by atoms with Crippen LogP contribution >= 0.6 is 0 Å². The van der Waals surface area contributed by atoms with Crippen LogP contribution in [0.5, 0.6) is 11.5 Å². The largest absolute Gasteiger partial charge is 0.508 e. The lowest BCUT2D eigenvalue weighted by molar-refractivity contribution is 0.140. The van der Waals surface area contributed by atoms with Crippen LogP contribution in [0.15, 0.2) is 48.5 Å². The Morgan fingerprint density at radius 1 is 1.03 bits per heavy atom. The van der Waals surface area contributed by atoms with Gasteiger partial charge in [0.15, 0.2) is 0 Å². The SMILES string of the molecule is CCC(C)C(O)Nc1nc(Cc2ccc(OC)cc2)c(Cc2ccc(O)cc2)n1C. The monoisotopic (exact) mass is 409 g/mol. The molecule has 0 bridgehead atoms. The van der Waals surface area contributed by atoms with E-state index in [9.17, 15) is 10.2 Å². The molecule has 0 amide bonds. The first kappa shape index (κ1) is 21.7. The summed E-state index contributed by atoms with van der Waals surface area (Å²) in [6.07, 6.45) is 1.56. The van der Waals surface area contributed by atoms with Crippen LogP contribution in [0.4, 0.5) is 5.95 Å². The second kappa shape index (κ2) is 9.67. The van der Waals surface area contributed by atoms with Gasteiger partial charge in [-0.15, -0.1) is 0 Å². The highest BCUT2D eigenvalue weighted by Gasteiger charge is 2.19. The number of nitrogens with one attached hydrogen (secondary N) is 1. The van der Waals surface area contributed by atoms with Crippen molar-refractivity contribution in [3.63, 3.8) is 0 Å². The molecule has 160 valence electrons. The third-order valence-corrected chi connectivity index (χ3v) is 5.60. The molecule has 2 atom stereocenters. The number of aliphatic hydroxyl groups is 1. The summed E-state index contributed by atoms with van der Waals surface area (Å²) in [6.45, 7) is 4.07. The highest BCUT2D eigenvalue weighted by atomic mass is 16.5. The first-order chi connectivity index (χ1) is 14.4. The summed E-state index contributed by atoms with van der Waals surface area (Å²) in [4.78, 5) is 4.83. The number of rotatable bonds is 9. The molecule has 0 spiro atoms. The maximum Gasteiger partial charge on any atom is 0.205 e. The third kappa shape index (κ3) is 5.13.